The van der Waals surface area contributed by atoms with Crippen LogP contribution in [-0.4, -0.2) is 30.5 Å². The molecule has 3 rings (SSSR count). The predicted molar refractivity (Wildman–Crippen MR) is 83.2 cm³/mol. The number of aromatic nitrogens is 1. The van der Waals surface area contributed by atoms with Gasteiger partial charge in [0.1, 0.15) is 0 Å². The molecule has 1 aromatic carbocycles. The van der Waals surface area contributed by atoms with Crippen LogP contribution >= 0.6 is 0 Å². The van der Waals surface area contributed by atoms with Gasteiger partial charge in [0.25, 0.3) is 0 Å². The summed E-state index contributed by atoms with van der Waals surface area (Å²) in [6, 6.07) is 9.87. The molecule has 0 radical (unpaired) electrons. The first-order valence-electron chi connectivity index (χ1n) is 7.69. The molecule has 1 unspecified atom stereocenters. The average Bonchev–Trinajstić information content (AvgIpc) is 2.96. The maximum Gasteiger partial charge on any atom is 0.338 e. The van der Waals surface area contributed by atoms with E-state index in [2.05, 4.69) is 27.9 Å². The molecule has 6 heteroatoms. The number of urea groups is 1. The molecule has 0 spiro atoms. The fourth-order valence-electron chi connectivity index (χ4n) is 2.54. The monoisotopic (exact) mass is 303 g/mol. The fraction of sp³-hybridized carbons (Fsp3) is 0.438. The van der Waals surface area contributed by atoms with Gasteiger partial charge in [-0.2, -0.15) is 0 Å². The number of nitrogens with one attached hydrogen (secondary N) is 3. The van der Waals surface area contributed by atoms with Crippen LogP contribution in [-0.2, 0) is 16.0 Å². The predicted octanol–water partition coefficient (Wildman–Crippen LogP) is 2.47. The third-order valence-electron chi connectivity index (χ3n) is 3.69. The quantitative estimate of drug-likeness (QED) is 0.743. The van der Waals surface area contributed by atoms with Crippen molar-refractivity contribution in [2.24, 2.45) is 0 Å². The van der Waals surface area contributed by atoms with Crippen LogP contribution in [0, 0.1) is 0 Å². The zero-order valence-electron chi connectivity index (χ0n) is 12.4. The summed E-state index contributed by atoms with van der Waals surface area (Å²) in [5.41, 5.74) is 4.59. The highest BCUT2D eigenvalue weighted by atomic mass is 16.8. The van der Waals surface area contributed by atoms with Crippen molar-refractivity contribution in [3.63, 3.8) is 0 Å². The molecule has 1 saturated heterocycles. The maximum atomic E-state index is 11.6. The van der Waals surface area contributed by atoms with Crippen LogP contribution in [0.3, 0.4) is 0 Å². The molecule has 118 valence electrons. The summed E-state index contributed by atoms with van der Waals surface area (Å²) in [6.45, 7) is 1.22. The van der Waals surface area contributed by atoms with Gasteiger partial charge in [-0.25, -0.2) is 15.1 Å². The summed E-state index contributed by atoms with van der Waals surface area (Å²) in [5, 5.41) is 3.94. The standard InChI is InChI=1S/C16H21N3O3/c20-16(19-22-15-7-3-4-10-21-15)17-9-8-13-11-12-5-1-2-6-14(12)18-13/h1-2,5-6,11,15,18H,3-4,7-10H2,(H2,17,19,20). The maximum absolute atomic E-state index is 11.6. The molecule has 1 aliphatic rings. The minimum Gasteiger partial charge on any atom is -0.358 e. The van der Waals surface area contributed by atoms with E-state index >= 15 is 0 Å². The summed E-state index contributed by atoms with van der Waals surface area (Å²) in [4.78, 5) is 20.2. The van der Waals surface area contributed by atoms with Gasteiger partial charge in [0, 0.05) is 37.2 Å². The van der Waals surface area contributed by atoms with Crippen LogP contribution in [0.4, 0.5) is 4.79 Å². The molecule has 1 aliphatic heterocycles. The first-order valence-corrected chi connectivity index (χ1v) is 7.69. The Hall–Kier alpha value is -2.05. The third kappa shape index (κ3) is 3.99. The van der Waals surface area contributed by atoms with Gasteiger partial charge in [0.15, 0.2) is 6.29 Å². The van der Waals surface area contributed by atoms with Gasteiger partial charge < -0.3 is 15.0 Å². The Morgan fingerprint density at radius 1 is 1.36 bits per heavy atom. The highest BCUT2D eigenvalue weighted by molar-refractivity contribution is 5.80. The Labute approximate surface area is 129 Å². The summed E-state index contributed by atoms with van der Waals surface area (Å²) in [5.74, 6) is 0. The lowest BCUT2D eigenvalue weighted by molar-refractivity contribution is -0.186. The molecule has 6 nitrogen and oxygen atoms in total. The second-order valence-corrected chi connectivity index (χ2v) is 5.40. The molecular formula is C16H21N3O3. The van der Waals surface area contributed by atoms with Gasteiger partial charge in [-0.05, 0) is 30.4 Å². The number of carbonyl (C=O) groups excluding carboxylic acids is 1. The molecule has 0 saturated carbocycles. The molecular weight excluding hydrogens is 282 g/mol. The highest BCUT2D eigenvalue weighted by Gasteiger charge is 2.15. The molecule has 1 aromatic heterocycles. The van der Waals surface area contributed by atoms with E-state index in [4.69, 9.17) is 9.57 Å². The van der Waals surface area contributed by atoms with Crippen LogP contribution < -0.4 is 10.8 Å². The van der Waals surface area contributed by atoms with Crippen molar-refractivity contribution >= 4 is 16.9 Å². The van der Waals surface area contributed by atoms with Crippen LogP contribution in [0.25, 0.3) is 10.9 Å². The van der Waals surface area contributed by atoms with E-state index in [0.717, 1.165) is 36.9 Å². The van der Waals surface area contributed by atoms with Gasteiger partial charge in [0.05, 0.1) is 0 Å². The molecule has 22 heavy (non-hydrogen) atoms. The third-order valence-corrected chi connectivity index (χ3v) is 3.69. The SMILES string of the molecule is O=C(NCCc1cc2ccccc2[nH]1)NOC1CCCCO1. The topological polar surface area (TPSA) is 75.4 Å². The lowest BCUT2D eigenvalue weighted by atomic mass is 10.2. The van der Waals surface area contributed by atoms with Crippen molar-refractivity contribution in [1.29, 1.82) is 0 Å². The Balaban J connectivity index is 1.37. The minimum absolute atomic E-state index is 0.326. The Morgan fingerprint density at radius 2 is 2.27 bits per heavy atom. The van der Waals surface area contributed by atoms with Crippen molar-refractivity contribution in [2.45, 2.75) is 32.0 Å². The van der Waals surface area contributed by atoms with Gasteiger partial charge in [-0.3, -0.25) is 0 Å². The van der Waals surface area contributed by atoms with Crippen molar-refractivity contribution in [1.82, 2.24) is 15.8 Å². The van der Waals surface area contributed by atoms with E-state index in [-0.39, 0.29) is 12.3 Å². The lowest BCUT2D eigenvalue weighted by Gasteiger charge is -2.22. The first kappa shape index (κ1) is 14.9. The number of carbonyl (C=O) groups is 1. The number of hydroxylamine groups is 1. The summed E-state index contributed by atoms with van der Waals surface area (Å²) in [7, 11) is 0. The van der Waals surface area contributed by atoms with Crippen molar-refractivity contribution in [2.75, 3.05) is 13.2 Å². The summed E-state index contributed by atoms with van der Waals surface area (Å²) < 4.78 is 5.37. The molecule has 0 bridgehead atoms. The number of H-pyrrole nitrogens is 1. The molecule has 0 aliphatic carbocycles. The van der Waals surface area contributed by atoms with Crippen LogP contribution in [0.1, 0.15) is 25.0 Å². The zero-order valence-corrected chi connectivity index (χ0v) is 12.4. The first-order chi connectivity index (χ1) is 10.8. The molecule has 1 fully saturated rings. The van der Waals surface area contributed by atoms with Crippen LogP contribution in [0.2, 0.25) is 0 Å². The zero-order chi connectivity index (χ0) is 15.2. The number of benzene rings is 1. The van der Waals surface area contributed by atoms with E-state index in [1.54, 1.807) is 0 Å². The van der Waals surface area contributed by atoms with Crippen molar-refractivity contribution in [3.8, 4) is 0 Å². The molecule has 1 atom stereocenters. The lowest BCUT2D eigenvalue weighted by Crippen LogP contribution is -2.40. The smallest absolute Gasteiger partial charge is 0.338 e. The molecule has 2 aromatic rings. The number of aromatic amines is 1. The van der Waals surface area contributed by atoms with Crippen LogP contribution in [0.15, 0.2) is 30.3 Å². The number of para-hydroxylation sites is 1. The van der Waals surface area contributed by atoms with Gasteiger partial charge in [-0.1, -0.05) is 18.2 Å². The molecule has 2 heterocycles. The van der Waals surface area contributed by atoms with Gasteiger partial charge in [0.2, 0.25) is 0 Å². The Morgan fingerprint density at radius 3 is 3.09 bits per heavy atom. The second-order valence-electron chi connectivity index (χ2n) is 5.40. The second kappa shape index (κ2) is 7.29. The van der Waals surface area contributed by atoms with E-state index in [1.165, 1.54) is 5.39 Å². The minimum atomic E-state index is -0.342. The summed E-state index contributed by atoms with van der Waals surface area (Å²) >= 11 is 0. The number of rotatable bonds is 5. The van der Waals surface area contributed by atoms with E-state index in [9.17, 15) is 4.79 Å². The van der Waals surface area contributed by atoms with Crippen molar-refractivity contribution in [3.05, 3.63) is 36.0 Å². The number of hydrogen-bond acceptors (Lipinski definition) is 3. The number of amides is 2. The fourth-order valence-corrected chi connectivity index (χ4v) is 2.54. The van der Waals surface area contributed by atoms with E-state index < -0.39 is 0 Å². The molecule has 2 amide bonds. The van der Waals surface area contributed by atoms with Gasteiger partial charge in [-0.15, -0.1) is 0 Å². The van der Waals surface area contributed by atoms with Gasteiger partial charge >= 0.3 is 6.03 Å². The largest absolute Gasteiger partial charge is 0.358 e. The normalized spacial score (nSPS) is 18.3. The van der Waals surface area contributed by atoms with Crippen molar-refractivity contribution < 1.29 is 14.4 Å². The average molecular weight is 303 g/mol. The summed E-state index contributed by atoms with van der Waals surface area (Å²) in [6.07, 6.45) is 3.34. The number of ether oxygens (including phenoxy) is 1. The van der Waals surface area contributed by atoms with E-state index in [0.29, 0.717) is 13.2 Å². The number of hydrogen-bond donors (Lipinski definition) is 3. The Bertz CT molecular complexity index is 587. The number of fused-ring (bicyclic) bond motifs is 1. The van der Waals surface area contributed by atoms with E-state index in [1.807, 2.05) is 18.2 Å². The van der Waals surface area contributed by atoms with Crippen LogP contribution in [0.5, 0.6) is 0 Å². The molecule has 3 N–H and O–H groups in total. The Kier molecular flexibility index (Phi) is 4.92. The highest BCUT2D eigenvalue weighted by Crippen LogP contribution is 2.14.